The van der Waals surface area contributed by atoms with E-state index in [0.29, 0.717) is 35.0 Å². The average Bonchev–Trinajstić information content (AvgIpc) is 3.50. The Morgan fingerprint density at radius 1 is 1.12 bits per heavy atom. The van der Waals surface area contributed by atoms with Crippen LogP contribution in [-0.4, -0.2) is 33.4 Å². The molecule has 33 heavy (non-hydrogen) atoms. The lowest BCUT2D eigenvalue weighted by atomic mass is 9.99. The van der Waals surface area contributed by atoms with Crippen molar-refractivity contribution in [2.24, 2.45) is 0 Å². The lowest BCUT2D eigenvalue weighted by molar-refractivity contribution is -0.132. The van der Waals surface area contributed by atoms with E-state index in [1.165, 1.54) is 4.90 Å². The van der Waals surface area contributed by atoms with Crippen LogP contribution < -0.4 is 9.64 Å². The smallest absolute Gasteiger partial charge is 0.302 e. The van der Waals surface area contributed by atoms with Gasteiger partial charge in [-0.3, -0.25) is 14.5 Å². The molecule has 1 aliphatic heterocycles. The molecule has 1 saturated heterocycles. The van der Waals surface area contributed by atoms with Crippen molar-refractivity contribution in [2.45, 2.75) is 19.9 Å². The number of ether oxygens (including phenoxy) is 1. The number of Topliss-reactive ketones (excluding diaryl/α,β-unsaturated/α-hetero) is 1. The Balaban J connectivity index is 1.67. The molecule has 0 aliphatic carbocycles. The normalized spacial score (nSPS) is 17.8. The molecule has 8 nitrogen and oxygen atoms in total. The van der Waals surface area contributed by atoms with Crippen molar-refractivity contribution in [2.75, 3.05) is 11.5 Å². The van der Waals surface area contributed by atoms with E-state index in [9.17, 15) is 14.7 Å². The Morgan fingerprint density at radius 3 is 2.55 bits per heavy atom. The van der Waals surface area contributed by atoms with Gasteiger partial charge in [-0.2, -0.15) is 0 Å². The molecule has 5 rings (SSSR count). The number of para-hydroxylation sites is 2. The SMILES string of the molecule is CCOc1ccc(/C(O)=C2\C(=O)C(=O)N(c3nc4ccccc4[nH]3)C2c2ccc(C)o2)cc1. The number of nitrogens with zero attached hydrogens (tertiary/aromatic N) is 2. The molecular formula is C25H21N3O5. The van der Waals surface area contributed by atoms with Crippen LogP contribution in [0.3, 0.4) is 0 Å². The number of aliphatic hydroxyl groups excluding tert-OH is 1. The maximum absolute atomic E-state index is 13.2. The summed E-state index contributed by atoms with van der Waals surface area (Å²) in [6.45, 7) is 4.15. The number of fused-ring (bicyclic) bond motifs is 1. The number of hydrogen-bond acceptors (Lipinski definition) is 6. The summed E-state index contributed by atoms with van der Waals surface area (Å²) >= 11 is 0. The summed E-state index contributed by atoms with van der Waals surface area (Å²) in [4.78, 5) is 35.2. The van der Waals surface area contributed by atoms with Crippen LogP contribution >= 0.6 is 0 Å². The van der Waals surface area contributed by atoms with Gasteiger partial charge < -0.3 is 19.2 Å². The first-order valence-corrected chi connectivity index (χ1v) is 10.5. The fourth-order valence-electron chi connectivity index (χ4n) is 4.01. The number of imidazole rings is 1. The molecule has 4 aromatic rings. The highest BCUT2D eigenvalue weighted by Gasteiger charge is 2.49. The molecule has 2 aromatic carbocycles. The Kier molecular flexibility index (Phi) is 4.97. The number of hydrogen-bond donors (Lipinski definition) is 2. The Labute approximate surface area is 189 Å². The number of rotatable bonds is 5. The zero-order valence-corrected chi connectivity index (χ0v) is 18.0. The highest BCUT2D eigenvalue weighted by atomic mass is 16.5. The van der Waals surface area contributed by atoms with E-state index in [-0.39, 0.29) is 17.3 Å². The van der Waals surface area contributed by atoms with Crippen molar-refractivity contribution in [1.82, 2.24) is 9.97 Å². The molecule has 0 spiro atoms. The molecule has 0 radical (unpaired) electrons. The number of aryl methyl sites for hydroxylation is 1. The molecule has 2 N–H and O–H groups in total. The van der Waals surface area contributed by atoms with Gasteiger partial charge in [0.25, 0.3) is 5.78 Å². The third kappa shape index (κ3) is 3.45. The first-order chi connectivity index (χ1) is 16.0. The zero-order chi connectivity index (χ0) is 23.1. The number of carbonyl (C=O) groups is 2. The zero-order valence-electron chi connectivity index (χ0n) is 18.0. The molecule has 3 heterocycles. The highest BCUT2D eigenvalue weighted by Crippen LogP contribution is 2.42. The molecule has 2 aromatic heterocycles. The summed E-state index contributed by atoms with van der Waals surface area (Å²) in [5, 5.41) is 11.1. The summed E-state index contributed by atoms with van der Waals surface area (Å²) in [5.41, 5.74) is 1.68. The maximum atomic E-state index is 13.2. The third-order valence-corrected chi connectivity index (χ3v) is 5.52. The summed E-state index contributed by atoms with van der Waals surface area (Å²) in [7, 11) is 0. The average molecular weight is 443 g/mol. The van der Waals surface area contributed by atoms with Crippen molar-refractivity contribution in [3.8, 4) is 5.75 Å². The second-order valence-electron chi connectivity index (χ2n) is 7.65. The monoisotopic (exact) mass is 443 g/mol. The van der Waals surface area contributed by atoms with Gasteiger partial charge in [0.1, 0.15) is 29.1 Å². The quantitative estimate of drug-likeness (QED) is 0.267. The lowest BCUT2D eigenvalue weighted by Gasteiger charge is -2.20. The standard InChI is InChI=1S/C25H21N3O5/c1-3-32-16-11-9-15(10-12-16)22(29)20-21(19-13-8-14(2)33-19)28(24(31)23(20)30)25-26-17-6-4-5-7-18(17)27-25/h4-13,21,29H,3H2,1-2H3,(H,26,27)/b22-20+. The number of aromatic nitrogens is 2. The maximum Gasteiger partial charge on any atom is 0.302 e. The van der Waals surface area contributed by atoms with E-state index in [1.807, 2.05) is 25.1 Å². The van der Waals surface area contributed by atoms with Crippen molar-refractivity contribution < 1.29 is 23.8 Å². The molecule has 1 atom stereocenters. The minimum absolute atomic E-state index is 0.0704. The summed E-state index contributed by atoms with van der Waals surface area (Å²) in [6.07, 6.45) is 0. The van der Waals surface area contributed by atoms with Gasteiger partial charge in [0.15, 0.2) is 0 Å². The number of carbonyl (C=O) groups excluding carboxylic acids is 2. The van der Waals surface area contributed by atoms with Gasteiger partial charge in [-0.1, -0.05) is 12.1 Å². The molecule has 166 valence electrons. The van der Waals surface area contributed by atoms with Crippen LogP contribution in [0.5, 0.6) is 5.75 Å². The van der Waals surface area contributed by atoms with Crippen LogP contribution in [0.15, 0.2) is 70.7 Å². The molecule has 1 aliphatic rings. The van der Waals surface area contributed by atoms with E-state index in [1.54, 1.807) is 49.4 Å². The number of aromatic amines is 1. The number of amides is 1. The first-order valence-electron chi connectivity index (χ1n) is 10.5. The van der Waals surface area contributed by atoms with E-state index in [4.69, 9.17) is 9.15 Å². The van der Waals surface area contributed by atoms with Crippen molar-refractivity contribution in [3.05, 3.63) is 83.3 Å². The number of ketones is 1. The predicted octanol–water partition coefficient (Wildman–Crippen LogP) is 4.49. The van der Waals surface area contributed by atoms with E-state index in [2.05, 4.69) is 9.97 Å². The van der Waals surface area contributed by atoms with Crippen LogP contribution in [0.1, 0.15) is 30.0 Å². The van der Waals surface area contributed by atoms with Gasteiger partial charge in [0, 0.05) is 5.56 Å². The Bertz CT molecular complexity index is 1360. The predicted molar refractivity (Wildman–Crippen MR) is 122 cm³/mol. The number of anilines is 1. The first kappa shape index (κ1) is 20.6. The van der Waals surface area contributed by atoms with Crippen LogP contribution in [0, 0.1) is 6.92 Å². The van der Waals surface area contributed by atoms with E-state index < -0.39 is 17.7 Å². The van der Waals surface area contributed by atoms with Crippen molar-refractivity contribution in [3.63, 3.8) is 0 Å². The van der Waals surface area contributed by atoms with E-state index >= 15 is 0 Å². The molecule has 8 heteroatoms. The van der Waals surface area contributed by atoms with E-state index in [0.717, 1.165) is 5.52 Å². The minimum atomic E-state index is -0.981. The second kappa shape index (κ2) is 7.98. The number of furan rings is 1. The number of aliphatic hydroxyl groups is 1. The van der Waals surface area contributed by atoms with Gasteiger partial charge in [0.2, 0.25) is 5.95 Å². The lowest BCUT2D eigenvalue weighted by Crippen LogP contribution is -2.30. The molecule has 1 unspecified atom stereocenters. The summed E-state index contributed by atoms with van der Waals surface area (Å²) in [5.74, 6) is -0.130. The fourth-order valence-corrected chi connectivity index (χ4v) is 4.01. The summed E-state index contributed by atoms with van der Waals surface area (Å²) in [6, 6.07) is 16.4. The molecule has 0 bridgehead atoms. The van der Waals surface area contributed by atoms with Crippen molar-refractivity contribution in [1.29, 1.82) is 0 Å². The summed E-state index contributed by atoms with van der Waals surface area (Å²) < 4.78 is 11.3. The van der Waals surface area contributed by atoms with Crippen LogP contribution in [0.25, 0.3) is 16.8 Å². The van der Waals surface area contributed by atoms with Crippen LogP contribution in [-0.2, 0) is 9.59 Å². The van der Waals surface area contributed by atoms with Crippen LogP contribution in [0.2, 0.25) is 0 Å². The molecule has 1 fully saturated rings. The van der Waals surface area contributed by atoms with Gasteiger partial charge in [-0.15, -0.1) is 0 Å². The minimum Gasteiger partial charge on any atom is -0.507 e. The third-order valence-electron chi connectivity index (χ3n) is 5.52. The second-order valence-corrected chi connectivity index (χ2v) is 7.65. The van der Waals surface area contributed by atoms with Gasteiger partial charge in [-0.25, -0.2) is 4.98 Å². The van der Waals surface area contributed by atoms with Crippen LogP contribution in [0.4, 0.5) is 5.95 Å². The molecule has 1 amide bonds. The molecule has 0 saturated carbocycles. The highest BCUT2D eigenvalue weighted by molar-refractivity contribution is 6.51. The fraction of sp³-hybridized carbons (Fsp3) is 0.160. The Hall–Kier alpha value is -4.33. The van der Waals surface area contributed by atoms with Gasteiger partial charge in [0.05, 0.1) is 23.2 Å². The number of benzene rings is 2. The van der Waals surface area contributed by atoms with Gasteiger partial charge in [-0.05, 0) is 62.4 Å². The number of nitrogens with one attached hydrogen (secondary N) is 1. The molecular weight excluding hydrogens is 422 g/mol. The Morgan fingerprint density at radius 2 is 1.88 bits per heavy atom. The largest absolute Gasteiger partial charge is 0.507 e. The topological polar surface area (TPSA) is 109 Å². The number of H-pyrrole nitrogens is 1. The van der Waals surface area contributed by atoms with Crippen molar-refractivity contribution >= 4 is 34.4 Å². The van der Waals surface area contributed by atoms with Gasteiger partial charge >= 0.3 is 5.91 Å².